The van der Waals surface area contributed by atoms with Crippen molar-refractivity contribution in [1.29, 1.82) is 0 Å². The third kappa shape index (κ3) is 3.56. The van der Waals surface area contributed by atoms with Crippen molar-refractivity contribution in [2.45, 2.75) is 49.7 Å². The zero-order valence-electron chi connectivity index (χ0n) is 13.0. The van der Waals surface area contributed by atoms with E-state index in [1.807, 2.05) is 0 Å². The second kappa shape index (κ2) is 6.32. The number of carbonyl (C=O) groups is 1. The molecule has 2 aromatic rings. The number of thioether (sulfide) groups is 1. The van der Waals surface area contributed by atoms with Gasteiger partial charge in [0.15, 0.2) is 11.6 Å². The maximum absolute atomic E-state index is 12.1. The van der Waals surface area contributed by atoms with E-state index in [-0.39, 0.29) is 11.2 Å². The van der Waals surface area contributed by atoms with Crippen LogP contribution in [0.4, 0.5) is 5.82 Å². The fraction of sp³-hybridized carbons (Fsp3) is 0.571. The van der Waals surface area contributed by atoms with Crippen molar-refractivity contribution in [3.63, 3.8) is 0 Å². The van der Waals surface area contributed by atoms with Crippen LogP contribution in [0.1, 0.15) is 43.7 Å². The van der Waals surface area contributed by atoms with Gasteiger partial charge in [0.2, 0.25) is 11.8 Å². The van der Waals surface area contributed by atoms with Gasteiger partial charge in [-0.05, 0) is 33.1 Å². The van der Waals surface area contributed by atoms with E-state index in [0.29, 0.717) is 29.0 Å². The van der Waals surface area contributed by atoms with E-state index in [2.05, 4.69) is 20.6 Å². The van der Waals surface area contributed by atoms with Crippen LogP contribution >= 0.6 is 11.8 Å². The van der Waals surface area contributed by atoms with Crippen molar-refractivity contribution in [3.05, 3.63) is 23.5 Å². The Morgan fingerprint density at radius 2 is 2.26 bits per heavy atom. The van der Waals surface area contributed by atoms with Gasteiger partial charge < -0.3 is 20.1 Å². The molecule has 1 fully saturated rings. The minimum Gasteiger partial charge on any atom is -0.360 e. The molecule has 0 aromatic carbocycles. The van der Waals surface area contributed by atoms with Crippen molar-refractivity contribution < 1.29 is 13.8 Å². The largest absolute Gasteiger partial charge is 0.360 e. The SMILES string of the molecule is Cc1cc(NC(=O)C(C)SCc2nc(C3(N)CCC3)no2)no1. The van der Waals surface area contributed by atoms with Crippen molar-refractivity contribution in [2.75, 3.05) is 5.32 Å². The molecule has 1 amide bonds. The van der Waals surface area contributed by atoms with Gasteiger partial charge in [-0.2, -0.15) is 4.98 Å². The molecule has 1 unspecified atom stereocenters. The van der Waals surface area contributed by atoms with Crippen LogP contribution in [0.5, 0.6) is 0 Å². The van der Waals surface area contributed by atoms with Crippen molar-refractivity contribution in [2.24, 2.45) is 5.73 Å². The maximum atomic E-state index is 12.1. The molecule has 9 heteroatoms. The highest BCUT2D eigenvalue weighted by Gasteiger charge is 2.39. The molecule has 0 aliphatic heterocycles. The topological polar surface area (TPSA) is 120 Å². The van der Waals surface area contributed by atoms with E-state index in [1.165, 1.54) is 11.8 Å². The lowest BCUT2D eigenvalue weighted by Gasteiger charge is -2.34. The first-order valence-corrected chi connectivity index (χ1v) is 8.49. The number of hydrogen-bond donors (Lipinski definition) is 2. The van der Waals surface area contributed by atoms with E-state index in [0.717, 1.165) is 19.3 Å². The minimum atomic E-state index is -0.430. The molecule has 0 radical (unpaired) electrons. The summed E-state index contributed by atoms with van der Waals surface area (Å²) in [6.45, 7) is 3.57. The molecular weight excluding hydrogens is 318 g/mol. The number of nitrogens with two attached hydrogens (primary N) is 1. The predicted octanol–water partition coefficient (Wildman–Crippen LogP) is 1.96. The lowest BCUT2D eigenvalue weighted by Crippen LogP contribution is -2.44. The predicted molar refractivity (Wildman–Crippen MR) is 84.6 cm³/mol. The number of anilines is 1. The van der Waals surface area contributed by atoms with E-state index in [9.17, 15) is 4.79 Å². The van der Waals surface area contributed by atoms with Crippen LogP contribution in [0.3, 0.4) is 0 Å². The number of rotatable bonds is 6. The van der Waals surface area contributed by atoms with E-state index in [4.69, 9.17) is 14.8 Å². The lowest BCUT2D eigenvalue weighted by atomic mass is 9.77. The van der Waals surface area contributed by atoms with E-state index < -0.39 is 5.54 Å². The Bertz CT molecular complexity index is 694. The van der Waals surface area contributed by atoms with Crippen molar-refractivity contribution in [3.8, 4) is 0 Å². The Kier molecular flexibility index (Phi) is 4.40. The highest BCUT2D eigenvalue weighted by molar-refractivity contribution is 7.99. The molecule has 1 aliphatic rings. The number of carbonyl (C=O) groups excluding carboxylic acids is 1. The van der Waals surface area contributed by atoms with Gasteiger partial charge in [-0.15, -0.1) is 11.8 Å². The van der Waals surface area contributed by atoms with Crippen LogP contribution in [0.15, 0.2) is 15.1 Å². The smallest absolute Gasteiger partial charge is 0.238 e. The number of aromatic nitrogens is 3. The molecule has 3 N–H and O–H groups in total. The van der Waals surface area contributed by atoms with Crippen LogP contribution in [0.2, 0.25) is 0 Å². The summed E-state index contributed by atoms with van der Waals surface area (Å²) < 4.78 is 10.1. The summed E-state index contributed by atoms with van der Waals surface area (Å²) in [5, 5.41) is 10.1. The van der Waals surface area contributed by atoms with Gasteiger partial charge in [-0.25, -0.2) is 0 Å². The number of nitrogens with zero attached hydrogens (tertiary/aromatic N) is 3. The monoisotopic (exact) mass is 337 g/mol. The molecule has 23 heavy (non-hydrogen) atoms. The van der Waals surface area contributed by atoms with Crippen molar-refractivity contribution >= 4 is 23.5 Å². The second-order valence-corrected chi connectivity index (χ2v) is 7.12. The molecule has 0 spiro atoms. The Balaban J connectivity index is 1.50. The van der Waals surface area contributed by atoms with Gasteiger partial charge >= 0.3 is 0 Å². The molecule has 0 bridgehead atoms. The van der Waals surface area contributed by atoms with Crippen LogP contribution < -0.4 is 11.1 Å². The average Bonchev–Trinajstić information content (AvgIpc) is 3.11. The summed E-state index contributed by atoms with van der Waals surface area (Å²) in [4.78, 5) is 16.4. The quantitative estimate of drug-likeness (QED) is 0.820. The van der Waals surface area contributed by atoms with E-state index in [1.54, 1.807) is 19.9 Å². The summed E-state index contributed by atoms with van der Waals surface area (Å²) in [5.74, 6) is 2.40. The molecule has 2 aromatic heterocycles. The first kappa shape index (κ1) is 16.0. The molecule has 1 atom stereocenters. The Labute approximate surface area is 137 Å². The van der Waals surface area contributed by atoms with Crippen LogP contribution in [0, 0.1) is 6.92 Å². The first-order chi connectivity index (χ1) is 11.0. The highest BCUT2D eigenvalue weighted by Crippen LogP contribution is 2.37. The maximum Gasteiger partial charge on any atom is 0.238 e. The molecule has 124 valence electrons. The molecular formula is C14H19N5O3S. The second-order valence-electron chi connectivity index (χ2n) is 5.79. The number of amides is 1. The summed E-state index contributed by atoms with van der Waals surface area (Å²) in [6.07, 6.45) is 2.86. The molecule has 1 saturated carbocycles. The van der Waals surface area contributed by atoms with E-state index >= 15 is 0 Å². The first-order valence-electron chi connectivity index (χ1n) is 7.44. The van der Waals surface area contributed by atoms with Gasteiger partial charge in [0.25, 0.3) is 0 Å². The standard InChI is InChI=1S/C14H19N5O3S/c1-8-6-10(18-21-8)16-12(20)9(2)23-7-11-17-13(19-22-11)14(15)4-3-5-14/h6,9H,3-5,7,15H2,1-2H3,(H,16,18,20). The Morgan fingerprint density at radius 3 is 2.87 bits per heavy atom. The fourth-order valence-electron chi connectivity index (χ4n) is 2.22. The number of hydrogen-bond acceptors (Lipinski definition) is 8. The highest BCUT2D eigenvalue weighted by atomic mass is 32.2. The van der Waals surface area contributed by atoms with Gasteiger partial charge in [0.1, 0.15) is 5.76 Å². The molecule has 0 saturated heterocycles. The third-order valence-corrected chi connectivity index (χ3v) is 4.99. The fourth-order valence-corrected chi connectivity index (χ4v) is 2.94. The third-order valence-electron chi connectivity index (χ3n) is 3.86. The molecule has 1 aliphatic carbocycles. The van der Waals surface area contributed by atoms with Crippen LogP contribution in [-0.4, -0.2) is 26.5 Å². The summed E-state index contributed by atoms with van der Waals surface area (Å²) in [6, 6.07) is 1.67. The van der Waals surface area contributed by atoms with Crippen LogP contribution in [-0.2, 0) is 16.1 Å². The number of nitrogens with one attached hydrogen (secondary N) is 1. The Morgan fingerprint density at radius 1 is 1.48 bits per heavy atom. The van der Waals surface area contributed by atoms with Crippen molar-refractivity contribution in [1.82, 2.24) is 15.3 Å². The lowest BCUT2D eigenvalue weighted by molar-refractivity contribution is -0.115. The average molecular weight is 337 g/mol. The van der Waals surface area contributed by atoms with Gasteiger partial charge in [-0.1, -0.05) is 10.3 Å². The Hall–Kier alpha value is -1.87. The summed E-state index contributed by atoms with van der Waals surface area (Å²) >= 11 is 1.41. The molecule has 8 nitrogen and oxygen atoms in total. The number of aryl methyl sites for hydroxylation is 1. The molecule has 2 heterocycles. The molecule has 3 rings (SSSR count). The summed E-state index contributed by atoms with van der Waals surface area (Å²) in [5.41, 5.74) is 5.73. The normalized spacial score (nSPS) is 17.5. The van der Waals surface area contributed by atoms with Gasteiger partial charge in [-0.3, -0.25) is 4.79 Å². The van der Waals surface area contributed by atoms with Gasteiger partial charge in [0.05, 0.1) is 16.5 Å². The van der Waals surface area contributed by atoms with Crippen LogP contribution in [0.25, 0.3) is 0 Å². The minimum absolute atomic E-state index is 0.155. The zero-order chi connectivity index (χ0) is 16.4. The summed E-state index contributed by atoms with van der Waals surface area (Å²) in [7, 11) is 0. The van der Waals surface area contributed by atoms with Gasteiger partial charge in [0, 0.05) is 6.07 Å². The zero-order valence-corrected chi connectivity index (χ0v) is 13.9.